The first kappa shape index (κ1) is 20.3. The molecule has 0 saturated carbocycles. The van der Waals surface area contributed by atoms with Crippen molar-refractivity contribution in [3.63, 3.8) is 0 Å². The maximum atomic E-state index is 12.6. The van der Waals surface area contributed by atoms with E-state index in [0.29, 0.717) is 5.56 Å². The van der Waals surface area contributed by atoms with Gasteiger partial charge in [-0.25, -0.2) is 19.0 Å². The smallest absolute Gasteiger partial charge is 0.351 e. The Balaban J connectivity index is 2.24. The monoisotopic (exact) mass is 444 g/mol. The van der Waals surface area contributed by atoms with Crippen LogP contribution in [-0.4, -0.2) is 36.1 Å². The number of carboxylic acid groups (broad SMARTS) is 1. The van der Waals surface area contributed by atoms with Gasteiger partial charge in [0.05, 0.1) is 21.4 Å². The molecule has 2 heterocycles. The molecular formula is C16H14Cl2N4O5S. The molecular weight excluding hydrogens is 431 g/mol. The van der Waals surface area contributed by atoms with Crippen LogP contribution in [0.2, 0.25) is 10.0 Å². The highest BCUT2D eigenvalue weighted by Crippen LogP contribution is 2.33. The quantitative estimate of drug-likeness (QED) is 0.723. The van der Waals surface area contributed by atoms with Crippen molar-refractivity contribution in [3.8, 4) is 5.69 Å². The predicted molar refractivity (Wildman–Crippen MR) is 105 cm³/mol. The number of halogens is 2. The minimum Gasteiger partial charge on any atom is -0.478 e. The molecule has 0 fully saturated rings. The molecule has 28 heavy (non-hydrogen) atoms. The fraction of sp³-hybridized carbons (Fsp3) is 0.312. The number of aliphatic carboxylic acids is 1. The average Bonchev–Trinajstić information content (AvgIpc) is 3.03. The van der Waals surface area contributed by atoms with E-state index < -0.39 is 22.9 Å². The number of aromatic nitrogens is 3. The van der Waals surface area contributed by atoms with Gasteiger partial charge in [-0.1, -0.05) is 28.4 Å². The highest BCUT2D eigenvalue weighted by Gasteiger charge is 2.43. The van der Waals surface area contributed by atoms with Crippen molar-refractivity contribution in [2.45, 2.75) is 18.9 Å². The number of oxime groups is 1. The topological polar surface area (TPSA) is 108 Å². The van der Waals surface area contributed by atoms with Crippen molar-refractivity contribution in [1.82, 2.24) is 13.7 Å². The van der Waals surface area contributed by atoms with E-state index in [1.165, 1.54) is 33.2 Å². The van der Waals surface area contributed by atoms with Crippen molar-refractivity contribution in [2.24, 2.45) is 19.3 Å². The number of rotatable bonds is 3. The zero-order valence-electron chi connectivity index (χ0n) is 14.9. The van der Waals surface area contributed by atoms with Crippen molar-refractivity contribution >= 4 is 47.1 Å². The second-order valence-corrected chi connectivity index (χ2v) is 7.61. The molecule has 148 valence electrons. The molecule has 2 aromatic rings. The molecule has 0 aliphatic carbocycles. The maximum Gasteiger partial charge on any atom is 0.351 e. The van der Waals surface area contributed by atoms with E-state index >= 15 is 0 Å². The Morgan fingerprint density at radius 1 is 1.21 bits per heavy atom. The van der Waals surface area contributed by atoms with Gasteiger partial charge in [-0.15, -0.1) is 0 Å². The van der Waals surface area contributed by atoms with Crippen molar-refractivity contribution in [2.75, 3.05) is 0 Å². The van der Waals surface area contributed by atoms with E-state index in [0.717, 1.165) is 13.7 Å². The van der Waals surface area contributed by atoms with E-state index in [4.69, 9.17) is 40.3 Å². The van der Waals surface area contributed by atoms with Crippen LogP contribution in [0.15, 0.2) is 26.9 Å². The predicted octanol–water partition coefficient (Wildman–Crippen LogP) is 1.88. The molecule has 3 rings (SSSR count). The van der Waals surface area contributed by atoms with Crippen LogP contribution >= 0.6 is 35.4 Å². The third-order valence-electron chi connectivity index (χ3n) is 4.43. The van der Waals surface area contributed by atoms with Crippen LogP contribution in [0, 0.1) is 4.77 Å². The molecule has 12 heteroatoms. The number of benzene rings is 1. The van der Waals surface area contributed by atoms with Gasteiger partial charge in [-0.05, 0) is 31.3 Å². The van der Waals surface area contributed by atoms with Crippen molar-refractivity contribution in [1.29, 1.82) is 0 Å². The molecule has 0 bridgehead atoms. The lowest BCUT2D eigenvalue weighted by molar-refractivity contribution is -0.160. The summed E-state index contributed by atoms with van der Waals surface area (Å²) in [7, 11) is 2.86. The zero-order valence-corrected chi connectivity index (χ0v) is 17.2. The largest absolute Gasteiger partial charge is 0.478 e. The summed E-state index contributed by atoms with van der Waals surface area (Å²) >= 11 is 17.6. The van der Waals surface area contributed by atoms with Crippen LogP contribution < -0.4 is 11.4 Å². The Hall–Kier alpha value is -2.43. The van der Waals surface area contributed by atoms with Gasteiger partial charge in [-0.2, -0.15) is 0 Å². The first-order valence-electron chi connectivity index (χ1n) is 7.85. The summed E-state index contributed by atoms with van der Waals surface area (Å²) in [4.78, 5) is 41.7. The zero-order chi connectivity index (χ0) is 21.0. The summed E-state index contributed by atoms with van der Waals surface area (Å²) in [5, 5.41) is 13.3. The molecule has 0 spiro atoms. The number of carbonyl (C=O) groups is 1. The molecule has 1 atom stereocenters. The van der Waals surface area contributed by atoms with Crippen molar-refractivity contribution < 1.29 is 14.7 Å². The van der Waals surface area contributed by atoms with E-state index in [1.807, 2.05) is 0 Å². The Labute approximate surface area is 173 Å². The number of carboxylic acids is 1. The molecule has 1 unspecified atom stereocenters. The van der Waals surface area contributed by atoms with Crippen LogP contribution in [0.5, 0.6) is 0 Å². The van der Waals surface area contributed by atoms with Gasteiger partial charge < -0.3 is 9.94 Å². The van der Waals surface area contributed by atoms with Crippen LogP contribution in [-0.2, 0) is 23.7 Å². The standard InChI is InChI=1S/C16H14Cl2N4O5S/c1-16(12(23)24)6-10(19-27-16)7-4-11(9(18)5-8(7)17)22-13(25)20(2)15(28)21(3)14(22)26/h4-5H,6H2,1-3H3,(H,23,24). The van der Waals surface area contributed by atoms with E-state index in [1.54, 1.807) is 0 Å². The highest BCUT2D eigenvalue weighted by molar-refractivity contribution is 7.71. The van der Waals surface area contributed by atoms with Gasteiger partial charge in [0.2, 0.25) is 5.60 Å². The highest BCUT2D eigenvalue weighted by atomic mass is 35.5. The Morgan fingerprint density at radius 2 is 1.79 bits per heavy atom. The third kappa shape index (κ3) is 3.07. The number of hydrogen-bond donors (Lipinski definition) is 1. The van der Waals surface area contributed by atoms with Crippen LogP contribution in [0.4, 0.5) is 0 Å². The summed E-state index contributed by atoms with van der Waals surface area (Å²) < 4.78 is 3.14. The average molecular weight is 445 g/mol. The van der Waals surface area contributed by atoms with Crippen LogP contribution in [0.3, 0.4) is 0 Å². The van der Waals surface area contributed by atoms with Crippen molar-refractivity contribution in [3.05, 3.63) is 53.5 Å². The van der Waals surface area contributed by atoms with E-state index in [9.17, 15) is 19.5 Å². The van der Waals surface area contributed by atoms with Gasteiger partial charge in [0.15, 0.2) is 4.77 Å². The Bertz CT molecular complexity index is 1190. The molecule has 1 aliphatic heterocycles. The minimum atomic E-state index is -1.54. The second kappa shape index (κ2) is 6.87. The number of hydrogen-bond acceptors (Lipinski definition) is 6. The van der Waals surface area contributed by atoms with Crippen LogP contribution in [0.25, 0.3) is 5.69 Å². The second-order valence-electron chi connectivity index (χ2n) is 6.43. The molecule has 0 amide bonds. The molecule has 1 N–H and O–H groups in total. The molecule has 1 aromatic carbocycles. The first-order chi connectivity index (χ1) is 13.0. The first-order valence-corrected chi connectivity index (χ1v) is 9.01. The summed E-state index contributed by atoms with van der Waals surface area (Å²) in [6.07, 6.45) is -0.0606. The van der Waals surface area contributed by atoms with Gasteiger partial charge >= 0.3 is 17.3 Å². The van der Waals surface area contributed by atoms with Gasteiger partial charge in [-0.3, -0.25) is 9.13 Å². The summed E-state index contributed by atoms with van der Waals surface area (Å²) in [5.74, 6) is -1.19. The van der Waals surface area contributed by atoms with Gasteiger partial charge in [0.1, 0.15) is 0 Å². The van der Waals surface area contributed by atoms with E-state index in [2.05, 4.69) is 5.16 Å². The molecule has 0 radical (unpaired) electrons. The molecule has 9 nitrogen and oxygen atoms in total. The lowest BCUT2D eigenvalue weighted by Gasteiger charge is -2.15. The van der Waals surface area contributed by atoms with Gasteiger partial charge in [0, 0.05) is 26.1 Å². The normalized spacial score (nSPS) is 18.7. The Kier molecular flexibility index (Phi) is 4.98. The molecule has 1 aliphatic rings. The SMILES string of the molecule is Cn1c(=S)n(C)c(=O)n(-c2cc(C3=NOC(C)(C(=O)O)C3)c(Cl)cc2Cl)c1=O. The summed E-state index contributed by atoms with van der Waals surface area (Å²) in [6, 6.07) is 2.74. The Morgan fingerprint density at radius 3 is 2.29 bits per heavy atom. The maximum absolute atomic E-state index is 12.6. The lowest BCUT2D eigenvalue weighted by atomic mass is 9.96. The van der Waals surface area contributed by atoms with Gasteiger partial charge in [0.25, 0.3) is 0 Å². The minimum absolute atomic E-state index is 0.0438. The summed E-state index contributed by atoms with van der Waals surface area (Å²) in [6.45, 7) is 1.37. The van der Waals surface area contributed by atoms with Crippen LogP contribution in [0.1, 0.15) is 18.9 Å². The molecule has 1 aromatic heterocycles. The third-order valence-corrected chi connectivity index (χ3v) is 5.60. The number of nitrogens with zero attached hydrogens (tertiary/aromatic N) is 4. The fourth-order valence-electron chi connectivity index (χ4n) is 2.71. The lowest BCUT2D eigenvalue weighted by Crippen LogP contribution is -2.43. The molecule has 0 saturated heterocycles. The summed E-state index contributed by atoms with van der Waals surface area (Å²) in [5.41, 5.74) is -2.32. The van der Waals surface area contributed by atoms with E-state index in [-0.39, 0.29) is 32.6 Å². The fourth-order valence-corrected chi connectivity index (χ4v) is 3.44.